The summed E-state index contributed by atoms with van der Waals surface area (Å²) in [7, 11) is -3.60. The second-order valence-electron chi connectivity index (χ2n) is 9.24. The summed E-state index contributed by atoms with van der Waals surface area (Å²) in [5, 5.41) is 2.90. The number of pyridine rings is 1. The standard InChI is InChI=1S/C26H26N4O3S/c31-26(15-18-5-9-27-10-6-18)28-19-1-4-24-23(16-19)22-3-2-21(17-25(22)34(24,32)33)30-14-13-29-11-7-20(30)8-12-29/h1-6,9-10,16-17,20H,7-8,11-15H2,(H,28,31). The van der Waals surface area contributed by atoms with Gasteiger partial charge in [0.2, 0.25) is 15.7 Å². The minimum atomic E-state index is -3.60. The normalized spacial score (nSPS) is 22.1. The molecule has 5 heterocycles. The number of anilines is 2. The number of hydrogen-bond donors (Lipinski definition) is 1. The van der Waals surface area contributed by atoms with Gasteiger partial charge in [0.05, 0.1) is 16.2 Å². The van der Waals surface area contributed by atoms with Crippen LogP contribution in [0.15, 0.2) is 70.7 Å². The Morgan fingerprint density at radius 1 is 0.912 bits per heavy atom. The molecule has 3 fully saturated rings. The molecule has 1 aromatic heterocycles. The first kappa shape index (κ1) is 21.3. The van der Waals surface area contributed by atoms with Gasteiger partial charge in [0.15, 0.2) is 0 Å². The summed E-state index contributed by atoms with van der Waals surface area (Å²) >= 11 is 0. The zero-order valence-electron chi connectivity index (χ0n) is 18.8. The van der Waals surface area contributed by atoms with E-state index in [4.69, 9.17) is 0 Å². The molecule has 7 rings (SSSR count). The van der Waals surface area contributed by atoms with Gasteiger partial charge >= 0.3 is 0 Å². The smallest absolute Gasteiger partial charge is 0.228 e. The van der Waals surface area contributed by atoms with Gasteiger partial charge in [0.25, 0.3) is 0 Å². The molecule has 0 aliphatic carbocycles. The van der Waals surface area contributed by atoms with E-state index in [1.165, 1.54) is 0 Å². The molecule has 3 saturated heterocycles. The third-order valence-electron chi connectivity index (χ3n) is 7.20. The Kier molecular flexibility index (Phi) is 5.15. The van der Waals surface area contributed by atoms with Crippen LogP contribution in [-0.2, 0) is 21.1 Å². The number of carbonyl (C=O) groups is 1. The maximum absolute atomic E-state index is 13.4. The minimum Gasteiger partial charge on any atom is -0.367 e. The van der Waals surface area contributed by atoms with Crippen LogP contribution >= 0.6 is 0 Å². The predicted molar refractivity (Wildman–Crippen MR) is 131 cm³/mol. The highest BCUT2D eigenvalue weighted by Gasteiger charge is 2.35. The Hall–Kier alpha value is -3.23. The summed E-state index contributed by atoms with van der Waals surface area (Å²) in [6.45, 7) is 4.17. The summed E-state index contributed by atoms with van der Waals surface area (Å²) in [6.07, 6.45) is 5.77. The Morgan fingerprint density at radius 3 is 2.50 bits per heavy atom. The lowest BCUT2D eigenvalue weighted by atomic mass is 10.0. The quantitative estimate of drug-likeness (QED) is 0.488. The molecule has 4 aliphatic rings. The Bertz CT molecular complexity index is 1370. The highest BCUT2D eigenvalue weighted by molar-refractivity contribution is 7.92. The molecule has 3 aromatic rings. The van der Waals surface area contributed by atoms with E-state index in [1.807, 2.05) is 18.2 Å². The van der Waals surface area contributed by atoms with Crippen molar-refractivity contribution in [2.24, 2.45) is 0 Å². The number of sulfone groups is 1. The molecule has 2 bridgehead atoms. The van der Waals surface area contributed by atoms with E-state index in [-0.39, 0.29) is 12.3 Å². The molecule has 1 N–H and O–H groups in total. The predicted octanol–water partition coefficient (Wildman–Crippen LogP) is 3.36. The summed E-state index contributed by atoms with van der Waals surface area (Å²) in [6, 6.07) is 14.9. The number of carbonyl (C=O) groups excluding carboxylic acids is 1. The number of amides is 1. The lowest BCUT2D eigenvalue weighted by molar-refractivity contribution is -0.115. The van der Waals surface area contributed by atoms with Gasteiger partial charge < -0.3 is 15.1 Å². The molecule has 7 nitrogen and oxygen atoms in total. The summed E-state index contributed by atoms with van der Waals surface area (Å²) in [4.78, 5) is 22.0. The summed E-state index contributed by atoms with van der Waals surface area (Å²) < 4.78 is 26.8. The first-order chi connectivity index (χ1) is 16.5. The van der Waals surface area contributed by atoms with Crippen molar-refractivity contribution in [1.29, 1.82) is 0 Å². The van der Waals surface area contributed by atoms with E-state index in [0.717, 1.165) is 50.3 Å². The topological polar surface area (TPSA) is 82.6 Å². The molecular weight excluding hydrogens is 448 g/mol. The highest BCUT2D eigenvalue weighted by atomic mass is 32.2. The monoisotopic (exact) mass is 474 g/mol. The van der Waals surface area contributed by atoms with Crippen LogP contribution in [-0.4, -0.2) is 56.4 Å². The van der Waals surface area contributed by atoms with Gasteiger partial charge in [-0.05, 0) is 60.9 Å². The molecule has 0 saturated carbocycles. The zero-order valence-corrected chi connectivity index (χ0v) is 19.6. The van der Waals surface area contributed by atoms with Gasteiger partial charge in [-0.25, -0.2) is 8.42 Å². The van der Waals surface area contributed by atoms with Gasteiger partial charge in [-0.1, -0.05) is 6.07 Å². The number of benzene rings is 2. The average molecular weight is 475 g/mol. The fraction of sp³-hybridized carbons (Fsp3) is 0.308. The molecule has 8 heteroatoms. The van der Waals surface area contributed by atoms with Crippen LogP contribution in [0, 0.1) is 0 Å². The van der Waals surface area contributed by atoms with Crippen molar-refractivity contribution in [2.75, 3.05) is 36.4 Å². The number of nitrogens with one attached hydrogen (secondary N) is 1. The molecule has 4 aliphatic heterocycles. The van der Waals surface area contributed by atoms with Crippen LogP contribution in [0.1, 0.15) is 18.4 Å². The largest absolute Gasteiger partial charge is 0.367 e. The number of piperidine rings is 1. The summed E-state index contributed by atoms with van der Waals surface area (Å²) in [5.41, 5.74) is 3.78. The van der Waals surface area contributed by atoms with Crippen molar-refractivity contribution in [1.82, 2.24) is 9.88 Å². The Labute approximate surface area is 199 Å². The van der Waals surface area contributed by atoms with E-state index in [0.29, 0.717) is 32.6 Å². The minimum absolute atomic E-state index is 0.158. The van der Waals surface area contributed by atoms with E-state index in [9.17, 15) is 13.2 Å². The average Bonchev–Trinajstić information content (AvgIpc) is 3.04. The lowest BCUT2D eigenvalue weighted by Crippen LogP contribution is -2.37. The molecule has 2 aromatic carbocycles. The van der Waals surface area contributed by atoms with Crippen molar-refractivity contribution >= 4 is 27.1 Å². The van der Waals surface area contributed by atoms with Gasteiger partial charge in [0.1, 0.15) is 0 Å². The number of aromatic nitrogens is 1. The fourth-order valence-corrected chi connectivity index (χ4v) is 7.11. The Balaban J connectivity index is 1.29. The Morgan fingerprint density at radius 2 is 1.71 bits per heavy atom. The van der Waals surface area contributed by atoms with Crippen molar-refractivity contribution in [3.8, 4) is 11.1 Å². The lowest BCUT2D eigenvalue weighted by Gasteiger charge is -2.33. The van der Waals surface area contributed by atoms with E-state index in [1.54, 1.807) is 42.7 Å². The first-order valence-corrected chi connectivity index (χ1v) is 13.2. The molecule has 174 valence electrons. The number of fused-ring (bicyclic) bond motifs is 7. The van der Waals surface area contributed by atoms with Crippen molar-refractivity contribution in [3.05, 3.63) is 66.5 Å². The van der Waals surface area contributed by atoms with Crippen LogP contribution in [0.2, 0.25) is 0 Å². The third kappa shape index (κ3) is 3.67. The molecule has 34 heavy (non-hydrogen) atoms. The maximum Gasteiger partial charge on any atom is 0.228 e. The third-order valence-corrected chi connectivity index (χ3v) is 9.05. The van der Waals surface area contributed by atoms with Gasteiger partial charge in [-0.2, -0.15) is 0 Å². The van der Waals surface area contributed by atoms with E-state index in [2.05, 4.69) is 20.1 Å². The SMILES string of the molecule is O=C(Cc1ccncc1)Nc1ccc2c(c1)-c1ccc(N3CCN4CCC3CC4)cc1S2(=O)=O. The van der Waals surface area contributed by atoms with Gasteiger partial charge in [-0.15, -0.1) is 0 Å². The van der Waals surface area contributed by atoms with Crippen molar-refractivity contribution in [3.63, 3.8) is 0 Å². The molecule has 1 amide bonds. The van der Waals surface area contributed by atoms with Crippen LogP contribution in [0.3, 0.4) is 0 Å². The van der Waals surface area contributed by atoms with Gasteiger partial charge in [0, 0.05) is 67.1 Å². The van der Waals surface area contributed by atoms with Gasteiger partial charge in [-0.3, -0.25) is 9.78 Å². The second-order valence-corrected chi connectivity index (χ2v) is 11.1. The van der Waals surface area contributed by atoms with E-state index < -0.39 is 9.84 Å². The maximum atomic E-state index is 13.4. The molecular formula is C26H26N4O3S. The zero-order chi connectivity index (χ0) is 23.3. The highest BCUT2D eigenvalue weighted by Crippen LogP contribution is 2.46. The molecule has 0 radical (unpaired) electrons. The summed E-state index contributed by atoms with van der Waals surface area (Å²) in [5.74, 6) is -0.158. The van der Waals surface area contributed by atoms with Crippen molar-refractivity contribution in [2.45, 2.75) is 35.1 Å². The van der Waals surface area contributed by atoms with Crippen LogP contribution in [0.4, 0.5) is 11.4 Å². The first-order valence-electron chi connectivity index (χ1n) is 11.7. The van der Waals surface area contributed by atoms with Crippen molar-refractivity contribution < 1.29 is 13.2 Å². The molecule has 0 unspecified atom stereocenters. The fourth-order valence-electron chi connectivity index (χ4n) is 5.42. The number of rotatable bonds is 4. The van der Waals surface area contributed by atoms with Crippen LogP contribution in [0.5, 0.6) is 0 Å². The van der Waals surface area contributed by atoms with Crippen LogP contribution in [0.25, 0.3) is 11.1 Å². The number of hydrogen-bond acceptors (Lipinski definition) is 6. The van der Waals surface area contributed by atoms with Crippen LogP contribution < -0.4 is 10.2 Å². The molecule has 0 atom stereocenters. The molecule has 0 spiro atoms. The van der Waals surface area contributed by atoms with E-state index >= 15 is 0 Å². The number of nitrogens with zero attached hydrogens (tertiary/aromatic N) is 3. The second kappa shape index (κ2) is 8.21.